The standard InChI is InChI=1S/C28H28N2O5/c1-18(2)17-35-22-11-7-9-20(15-22)26(31)24-25(23-12-4-5-13-29-23)30(28(33)27(24)32)16-19-8-6-10-21(14-19)34-3/h4-15,18,25,31H,16-17H2,1-3H3/b26-24-. The number of rotatable bonds is 8. The van der Waals surface area contributed by atoms with Gasteiger partial charge in [0.1, 0.15) is 23.3 Å². The number of carbonyl (C=O) groups excluding carboxylic acids is 2. The molecule has 1 amide bonds. The van der Waals surface area contributed by atoms with E-state index in [1.165, 1.54) is 4.90 Å². The van der Waals surface area contributed by atoms with Crippen molar-refractivity contribution in [3.8, 4) is 11.5 Å². The Morgan fingerprint density at radius 1 is 1.03 bits per heavy atom. The quantitative estimate of drug-likeness (QED) is 0.289. The highest BCUT2D eigenvalue weighted by molar-refractivity contribution is 6.46. The summed E-state index contributed by atoms with van der Waals surface area (Å²) < 4.78 is 11.1. The Hall–Kier alpha value is -4.13. The first-order valence-electron chi connectivity index (χ1n) is 11.4. The lowest BCUT2D eigenvalue weighted by molar-refractivity contribution is -0.140. The number of ketones is 1. The Bertz CT molecular complexity index is 1250. The van der Waals surface area contributed by atoms with Crippen molar-refractivity contribution in [2.45, 2.75) is 26.4 Å². The van der Waals surface area contributed by atoms with Crippen LogP contribution in [0.2, 0.25) is 0 Å². The van der Waals surface area contributed by atoms with Crippen molar-refractivity contribution in [2.75, 3.05) is 13.7 Å². The van der Waals surface area contributed by atoms with Gasteiger partial charge in [-0.3, -0.25) is 14.6 Å². The molecule has 1 unspecified atom stereocenters. The summed E-state index contributed by atoms with van der Waals surface area (Å²) in [5.41, 5.74) is 1.67. The monoisotopic (exact) mass is 472 g/mol. The summed E-state index contributed by atoms with van der Waals surface area (Å²) >= 11 is 0. The first-order chi connectivity index (χ1) is 16.9. The average Bonchev–Trinajstić information content (AvgIpc) is 3.12. The van der Waals surface area contributed by atoms with Crippen LogP contribution in [0.15, 0.2) is 78.5 Å². The molecule has 2 heterocycles. The minimum absolute atomic E-state index is 0.00222. The molecule has 35 heavy (non-hydrogen) atoms. The summed E-state index contributed by atoms with van der Waals surface area (Å²) in [6.45, 7) is 4.75. The number of hydrogen-bond acceptors (Lipinski definition) is 6. The molecule has 180 valence electrons. The van der Waals surface area contributed by atoms with Gasteiger partial charge >= 0.3 is 0 Å². The van der Waals surface area contributed by atoms with Crippen LogP contribution in [0.4, 0.5) is 0 Å². The van der Waals surface area contributed by atoms with Crippen molar-refractivity contribution in [3.05, 3.63) is 95.3 Å². The van der Waals surface area contributed by atoms with Crippen molar-refractivity contribution >= 4 is 17.4 Å². The molecule has 0 radical (unpaired) electrons. The molecule has 2 aromatic carbocycles. The summed E-state index contributed by atoms with van der Waals surface area (Å²) in [6, 6.07) is 18.6. The molecule has 1 atom stereocenters. The first kappa shape index (κ1) is 24.0. The fourth-order valence-corrected chi connectivity index (χ4v) is 4.01. The molecule has 0 bridgehead atoms. The van der Waals surface area contributed by atoms with E-state index in [9.17, 15) is 14.7 Å². The number of likely N-dealkylation sites (tertiary alicyclic amines) is 1. The number of pyridine rings is 1. The van der Waals surface area contributed by atoms with Crippen LogP contribution in [0.25, 0.3) is 5.76 Å². The molecule has 1 N–H and O–H groups in total. The molecule has 4 rings (SSSR count). The summed E-state index contributed by atoms with van der Waals surface area (Å²) in [6.07, 6.45) is 1.60. The summed E-state index contributed by atoms with van der Waals surface area (Å²) in [7, 11) is 1.57. The number of ether oxygens (including phenoxy) is 2. The number of carbonyl (C=O) groups is 2. The number of hydrogen-bond donors (Lipinski definition) is 1. The van der Waals surface area contributed by atoms with Crippen LogP contribution in [0, 0.1) is 5.92 Å². The van der Waals surface area contributed by atoms with E-state index in [-0.39, 0.29) is 17.9 Å². The number of Topliss-reactive ketones (excluding diaryl/α,β-unsaturated/α-hetero) is 1. The second kappa shape index (κ2) is 10.4. The van der Waals surface area contributed by atoms with Gasteiger partial charge in [0, 0.05) is 18.3 Å². The summed E-state index contributed by atoms with van der Waals surface area (Å²) in [5, 5.41) is 11.3. The van der Waals surface area contributed by atoms with E-state index in [0.29, 0.717) is 35.3 Å². The van der Waals surface area contributed by atoms with Gasteiger partial charge in [-0.05, 0) is 47.9 Å². The minimum Gasteiger partial charge on any atom is -0.507 e. The van der Waals surface area contributed by atoms with E-state index in [1.807, 2.05) is 38.1 Å². The van der Waals surface area contributed by atoms with Gasteiger partial charge in [-0.1, -0.05) is 44.2 Å². The van der Waals surface area contributed by atoms with Crippen LogP contribution in [0.1, 0.15) is 36.7 Å². The molecule has 0 spiro atoms. The topological polar surface area (TPSA) is 89.0 Å². The third-order valence-corrected chi connectivity index (χ3v) is 5.69. The van der Waals surface area contributed by atoms with Crippen molar-refractivity contribution in [1.29, 1.82) is 0 Å². The molecule has 3 aromatic rings. The normalized spacial score (nSPS) is 17.1. The fraction of sp³-hybridized carbons (Fsp3) is 0.250. The van der Waals surface area contributed by atoms with Gasteiger partial charge in [0.2, 0.25) is 0 Å². The maximum atomic E-state index is 13.2. The van der Waals surface area contributed by atoms with Crippen LogP contribution in [0.3, 0.4) is 0 Å². The SMILES string of the molecule is COc1cccc(CN2C(=O)C(=O)/C(=C(\O)c3cccc(OCC(C)C)c3)C2c2ccccn2)c1. The van der Waals surface area contributed by atoms with Gasteiger partial charge in [0.15, 0.2) is 0 Å². The van der Waals surface area contributed by atoms with Crippen molar-refractivity contribution in [1.82, 2.24) is 9.88 Å². The zero-order valence-corrected chi connectivity index (χ0v) is 20.0. The maximum absolute atomic E-state index is 13.2. The largest absolute Gasteiger partial charge is 0.507 e. The Morgan fingerprint density at radius 3 is 2.51 bits per heavy atom. The molecule has 0 aliphatic carbocycles. The van der Waals surface area contributed by atoms with Crippen LogP contribution in [-0.4, -0.2) is 40.4 Å². The molecular weight excluding hydrogens is 444 g/mol. The number of nitrogens with zero attached hydrogens (tertiary/aromatic N) is 2. The Kier molecular flexibility index (Phi) is 7.15. The van der Waals surface area contributed by atoms with E-state index in [0.717, 1.165) is 5.56 Å². The van der Waals surface area contributed by atoms with Gasteiger partial charge in [0.05, 0.1) is 25.0 Å². The summed E-state index contributed by atoms with van der Waals surface area (Å²) in [5.74, 6) is -0.165. The highest BCUT2D eigenvalue weighted by atomic mass is 16.5. The predicted octanol–water partition coefficient (Wildman–Crippen LogP) is 4.75. The lowest BCUT2D eigenvalue weighted by atomic mass is 9.98. The Balaban J connectivity index is 1.78. The Morgan fingerprint density at radius 2 is 1.80 bits per heavy atom. The zero-order valence-electron chi connectivity index (χ0n) is 20.0. The third-order valence-electron chi connectivity index (χ3n) is 5.69. The summed E-state index contributed by atoms with van der Waals surface area (Å²) in [4.78, 5) is 32.3. The van der Waals surface area contributed by atoms with E-state index < -0.39 is 17.7 Å². The van der Waals surface area contributed by atoms with E-state index in [4.69, 9.17) is 9.47 Å². The van der Waals surface area contributed by atoms with Gasteiger partial charge in [-0.2, -0.15) is 0 Å². The lowest BCUT2D eigenvalue weighted by Crippen LogP contribution is -2.29. The van der Waals surface area contributed by atoms with Crippen LogP contribution in [-0.2, 0) is 16.1 Å². The van der Waals surface area contributed by atoms with Crippen molar-refractivity contribution < 1.29 is 24.2 Å². The molecule has 1 aromatic heterocycles. The number of aromatic nitrogens is 1. The first-order valence-corrected chi connectivity index (χ1v) is 11.4. The fourth-order valence-electron chi connectivity index (χ4n) is 4.01. The second-order valence-electron chi connectivity index (χ2n) is 8.77. The average molecular weight is 473 g/mol. The van der Waals surface area contributed by atoms with Crippen LogP contribution in [0.5, 0.6) is 11.5 Å². The zero-order chi connectivity index (χ0) is 24.9. The predicted molar refractivity (Wildman–Crippen MR) is 132 cm³/mol. The minimum atomic E-state index is -0.845. The van der Waals surface area contributed by atoms with Crippen LogP contribution >= 0.6 is 0 Å². The number of methoxy groups -OCH3 is 1. The van der Waals surface area contributed by atoms with Crippen molar-refractivity contribution in [3.63, 3.8) is 0 Å². The van der Waals surface area contributed by atoms with E-state index in [1.54, 1.807) is 55.8 Å². The lowest BCUT2D eigenvalue weighted by Gasteiger charge is -2.24. The van der Waals surface area contributed by atoms with Gasteiger partial charge < -0.3 is 19.5 Å². The molecule has 1 aliphatic rings. The number of aliphatic hydroxyl groups is 1. The van der Waals surface area contributed by atoms with Gasteiger partial charge in [0.25, 0.3) is 11.7 Å². The third kappa shape index (κ3) is 5.19. The smallest absolute Gasteiger partial charge is 0.296 e. The van der Waals surface area contributed by atoms with E-state index >= 15 is 0 Å². The highest BCUT2D eigenvalue weighted by Crippen LogP contribution is 2.40. The van der Waals surface area contributed by atoms with Gasteiger partial charge in [-0.25, -0.2) is 0 Å². The molecule has 1 aliphatic heterocycles. The molecule has 7 nitrogen and oxygen atoms in total. The second-order valence-corrected chi connectivity index (χ2v) is 8.77. The number of amides is 1. The number of benzene rings is 2. The van der Waals surface area contributed by atoms with Crippen LogP contribution < -0.4 is 9.47 Å². The van der Waals surface area contributed by atoms with Gasteiger partial charge in [-0.15, -0.1) is 0 Å². The molecule has 1 saturated heterocycles. The molecular formula is C28H28N2O5. The number of aliphatic hydroxyl groups excluding tert-OH is 1. The molecule has 1 fully saturated rings. The highest BCUT2D eigenvalue weighted by Gasteiger charge is 2.46. The maximum Gasteiger partial charge on any atom is 0.296 e. The van der Waals surface area contributed by atoms with Crippen molar-refractivity contribution in [2.24, 2.45) is 5.92 Å². The molecule has 7 heteroatoms. The molecule has 0 saturated carbocycles. The van der Waals surface area contributed by atoms with E-state index in [2.05, 4.69) is 4.98 Å². The Labute approximate surface area is 204 Å².